The molecular formula is C15H21N3O. The van der Waals surface area contributed by atoms with Crippen molar-refractivity contribution in [1.29, 1.82) is 0 Å². The van der Waals surface area contributed by atoms with E-state index in [0.29, 0.717) is 0 Å². The molecule has 0 saturated carbocycles. The second-order valence-corrected chi connectivity index (χ2v) is 5.07. The van der Waals surface area contributed by atoms with Crippen LogP contribution in [-0.2, 0) is 17.8 Å². The first kappa shape index (κ1) is 12.5. The van der Waals surface area contributed by atoms with Gasteiger partial charge < -0.3 is 15.0 Å². The monoisotopic (exact) mass is 259 g/mol. The predicted octanol–water partition coefficient (Wildman–Crippen LogP) is 2.08. The molecule has 102 valence electrons. The fourth-order valence-electron chi connectivity index (χ4n) is 2.85. The van der Waals surface area contributed by atoms with E-state index in [2.05, 4.69) is 28.7 Å². The highest BCUT2D eigenvalue weighted by atomic mass is 16.5. The Balaban J connectivity index is 1.98. The molecular weight excluding hydrogens is 238 g/mol. The summed E-state index contributed by atoms with van der Waals surface area (Å²) >= 11 is 0. The Bertz CT molecular complexity index is 570. The van der Waals surface area contributed by atoms with Crippen LogP contribution in [0.1, 0.15) is 12.5 Å². The Labute approximate surface area is 113 Å². The minimum atomic E-state index is 0.835. The van der Waals surface area contributed by atoms with Crippen molar-refractivity contribution in [3.8, 4) is 0 Å². The molecule has 4 nitrogen and oxygen atoms in total. The number of nitrogens with two attached hydrogens (primary N) is 1. The quantitative estimate of drug-likeness (QED) is 0.858. The zero-order valence-electron chi connectivity index (χ0n) is 11.4. The zero-order valence-corrected chi connectivity index (χ0v) is 11.4. The molecule has 0 bridgehead atoms. The van der Waals surface area contributed by atoms with E-state index in [1.165, 1.54) is 16.5 Å². The maximum absolute atomic E-state index is 6.17. The van der Waals surface area contributed by atoms with Crippen LogP contribution in [0.2, 0.25) is 0 Å². The van der Waals surface area contributed by atoms with Crippen molar-refractivity contribution in [2.24, 2.45) is 0 Å². The van der Waals surface area contributed by atoms with Crippen molar-refractivity contribution in [3.05, 3.63) is 30.0 Å². The van der Waals surface area contributed by atoms with Gasteiger partial charge in [0, 0.05) is 43.4 Å². The van der Waals surface area contributed by atoms with E-state index in [9.17, 15) is 0 Å². The van der Waals surface area contributed by atoms with Gasteiger partial charge in [0.25, 0.3) is 0 Å². The van der Waals surface area contributed by atoms with Gasteiger partial charge in [-0.25, -0.2) is 0 Å². The van der Waals surface area contributed by atoms with Crippen molar-refractivity contribution < 1.29 is 4.74 Å². The predicted molar refractivity (Wildman–Crippen MR) is 78.1 cm³/mol. The smallest absolute Gasteiger partial charge is 0.0594 e. The number of nitrogens with zero attached hydrogens (tertiary/aromatic N) is 2. The highest BCUT2D eigenvalue weighted by Gasteiger charge is 2.15. The summed E-state index contributed by atoms with van der Waals surface area (Å²) in [4.78, 5) is 2.44. The average molecular weight is 259 g/mol. The van der Waals surface area contributed by atoms with Gasteiger partial charge in [0.2, 0.25) is 0 Å². The van der Waals surface area contributed by atoms with Crippen LogP contribution in [-0.4, -0.2) is 35.8 Å². The fourth-order valence-corrected chi connectivity index (χ4v) is 2.85. The maximum atomic E-state index is 6.17. The van der Waals surface area contributed by atoms with Crippen LogP contribution in [0.3, 0.4) is 0 Å². The summed E-state index contributed by atoms with van der Waals surface area (Å²) in [5.41, 5.74) is 9.63. The highest BCUT2D eigenvalue weighted by molar-refractivity contribution is 5.94. The molecule has 19 heavy (non-hydrogen) atoms. The zero-order chi connectivity index (χ0) is 13.2. The molecule has 3 rings (SSSR count). The first-order chi connectivity index (χ1) is 9.29. The molecule has 0 atom stereocenters. The van der Waals surface area contributed by atoms with Crippen LogP contribution in [0.5, 0.6) is 0 Å². The number of hydrogen-bond donors (Lipinski definition) is 1. The van der Waals surface area contributed by atoms with E-state index in [0.717, 1.165) is 45.1 Å². The number of anilines is 1. The Kier molecular flexibility index (Phi) is 3.44. The number of rotatable bonds is 3. The van der Waals surface area contributed by atoms with Crippen LogP contribution in [0.15, 0.2) is 24.4 Å². The van der Waals surface area contributed by atoms with Gasteiger partial charge in [0.05, 0.1) is 18.7 Å². The highest BCUT2D eigenvalue weighted by Crippen LogP contribution is 2.28. The molecule has 2 aromatic rings. The van der Waals surface area contributed by atoms with E-state index >= 15 is 0 Å². The number of aryl methyl sites for hydroxylation is 1. The normalized spacial score (nSPS) is 17.1. The van der Waals surface area contributed by atoms with Gasteiger partial charge in [0.15, 0.2) is 0 Å². The maximum Gasteiger partial charge on any atom is 0.0594 e. The second-order valence-electron chi connectivity index (χ2n) is 5.07. The summed E-state index contributed by atoms with van der Waals surface area (Å²) in [6.45, 7) is 7.78. The molecule has 1 aliphatic rings. The standard InChI is InChI=1S/C15H21N3O/c1-2-18-11-12(10-17-6-8-19-9-7-17)15-13(16)4-3-5-14(15)18/h3-5,11H,2,6-10,16H2,1H3. The van der Waals surface area contributed by atoms with Crippen molar-refractivity contribution in [2.75, 3.05) is 32.0 Å². The third kappa shape index (κ3) is 2.33. The molecule has 0 aliphatic carbocycles. The van der Waals surface area contributed by atoms with E-state index < -0.39 is 0 Å². The van der Waals surface area contributed by atoms with E-state index in [1.807, 2.05) is 12.1 Å². The van der Waals surface area contributed by atoms with Crippen molar-refractivity contribution in [1.82, 2.24) is 9.47 Å². The molecule has 0 radical (unpaired) electrons. The molecule has 1 aromatic carbocycles. The first-order valence-electron chi connectivity index (χ1n) is 6.96. The number of hydrogen-bond acceptors (Lipinski definition) is 3. The lowest BCUT2D eigenvalue weighted by molar-refractivity contribution is 0.0343. The summed E-state index contributed by atoms with van der Waals surface area (Å²) in [6.07, 6.45) is 2.25. The summed E-state index contributed by atoms with van der Waals surface area (Å²) in [5, 5.41) is 1.22. The molecule has 2 heterocycles. The number of nitrogen functional groups attached to an aromatic ring is 1. The summed E-state index contributed by atoms with van der Waals surface area (Å²) in [5.74, 6) is 0. The molecule has 1 aliphatic heterocycles. The molecule has 1 fully saturated rings. The lowest BCUT2D eigenvalue weighted by Gasteiger charge is -2.26. The largest absolute Gasteiger partial charge is 0.398 e. The number of benzene rings is 1. The Morgan fingerprint density at radius 2 is 2.05 bits per heavy atom. The van der Waals surface area contributed by atoms with Crippen LogP contribution in [0.25, 0.3) is 10.9 Å². The Hall–Kier alpha value is -1.52. The van der Waals surface area contributed by atoms with Gasteiger partial charge >= 0.3 is 0 Å². The second kappa shape index (κ2) is 5.23. The SMILES string of the molecule is CCn1cc(CN2CCOCC2)c2c(N)cccc21. The number of aromatic nitrogens is 1. The molecule has 4 heteroatoms. The lowest BCUT2D eigenvalue weighted by Crippen LogP contribution is -2.35. The van der Waals surface area contributed by atoms with E-state index in [1.54, 1.807) is 0 Å². The summed E-state index contributed by atoms with van der Waals surface area (Å²) < 4.78 is 7.68. The average Bonchev–Trinajstić information content (AvgIpc) is 2.79. The fraction of sp³-hybridized carbons (Fsp3) is 0.467. The Morgan fingerprint density at radius 1 is 1.26 bits per heavy atom. The number of fused-ring (bicyclic) bond motifs is 1. The molecule has 1 saturated heterocycles. The van der Waals surface area contributed by atoms with Crippen LogP contribution in [0, 0.1) is 0 Å². The van der Waals surface area contributed by atoms with Crippen molar-refractivity contribution >= 4 is 16.6 Å². The molecule has 0 spiro atoms. The van der Waals surface area contributed by atoms with Crippen LogP contribution in [0.4, 0.5) is 5.69 Å². The minimum absolute atomic E-state index is 0.835. The van der Waals surface area contributed by atoms with E-state index in [-0.39, 0.29) is 0 Å². The van der Waals surface area contributed by atoms with Gasteiger partial charge in [0.1, 0.15) is 0 Å². The summed E-state index contributed by atoms with van der Waals surface area (Å²) in [6, 6.07) is 6.17. The number of ether oxygens (including phenoxy) is 1. The topological polar surface area (TPSA) is 43.4 Å². The number of morpholine rings is 1. The van der Waals surface area contributed by atoms with Crippen LogP contribution >= 0.6 is 0 Å². The van der Waals surface area contributed by atoms with Gasteiger partial charge in [-0.2, -0.15) is 0 Å². The summed E-state index contributed by atoms with van der Waals surface area (Å²) in [7, 11) is 0. The van der Waals surface area contributed by atoms with Gasteiger partial charge in [-0.3, -0.25) is 4.90 Å². The van der Waals surface area contributed by atoms with Crippen molar-refractivity contribution in [2.45, 2.75) is 20.0 Å². The first-order valence-corrected chi connectivity index (χ1v) is 6.96. The van der Waals surface area contributed by atoms with Gasteiger partial charge in [-0.1, -0.05) is 6.07 Å². The van der Waals surface area contributed by atoms with Crippen molar-refractivity contribution in [3.63, 3.8) is 0 Å². The molecule has 0 amide bonds. The minimum Gasteiger partial charge on any atom is -0.398 e. The van der Waals surface area contributed by atoms with Crippen LogP contribution < -0.4 is 5.73 Å². The Morgan fingerprint density at radius 3 is 2.79 bits per heavy atom. The van der Waals surface area contributed by atoms with E-state index in [4.69, 9.17) is 10.5 Å². The molecule has 1 aromatic heterocycles. The van der Waals surface area contributed by atoms with Gasteiger partial charge in [-0.05, 0) is 24.6 Å². The lowest BCUT2D eigenvalue weighted by atomic mass is 10.1. The third-order valence-corrected chi connectivity index (χ3v) is 3.86. The molecule has 2 N–H and O–H groups in total. The molecule has 0 unspecified atom stereocenters. The van der Waals surface area contributed by atoms with Gasteiger partial charge in [-0.15, -0.1) is 0 Å². The third-order valence-electron chi connectivity index (χ3n) is 3.86.